The van der Waals surface area contributed by atoms with Gasteiger partial charge in [0.15, 0.2) is 11.5 Å². The second-order valence-corrected chi connectivity index (χ2v) is 8.11. The van der Waals surface area contributed by atoms with Gasteiger partial charge in [0.1, 0.15) is 0 Å². The van der Waals surface area contributed by atoms with Crippen molar-refractivity contribution >= 4 is 23.2 Å². The van der Waals surface area contributed by atoms with Crippen LogP contribution in [0.5, 0.6) is 11.5 Å². The summed E-state index contributed by atoms with van der Waals surface area (Å²) in [5.74, 6) is 0.770. The molecule has 168 valence electrons. The second-order valence-electron chi connectivity index (χ2n) is 7.70. The van der Waals surface area contributed by atoms with Crippen LogP contribution in [-0.2, 0) is 0 Å². The van der Waals surface area contributed by atoms with E-state index >= 15 is 0 Å². The van der Waals surface area contributed by atoms with E-state index in [9.17, 15) is 4.79 Å². The summed E-state index contributed by atoms with van der Waals surface area (Å²) in [5, 5.41) is 3.35. The summed E-state index contributed by atoms with van der Waals surface area (Å²) in [4.78, 5) is 17.4. The van der Waals surface area contributed by atoms with Crippen molar-refractivity contribution in [2.24, 2.45) is 0 Å². The monoisotopic (exact) mass is 445 g/mol. The first-order chi connectivity index (χ1) is 15.0. The average molecular weight is 446 g/mol. The molecule has 0 aliphatic carbocycles. The van der Waals surface area contributed by atoms with Gasteiger partial charge in [-0.05, 0) is 56.6 Å². The third-order valence-electron chi connectivity index (χ3n) is 5.46. The Balaban J connectivity index is 1.42. The van der Waals surface area contributed by atoms with Crippen LogP contribution >= 0.6 is 11.6 Å². The minimum absolute atomic E-state index is 0.160. The highest BCUT2D eigenvalue weighted by molar-refractivity contribution is 6.32. The second kappa shape index (κ2) is 11.3. The lowest BCUT2D eigenvalue weighted by Crippen LogP contribution is -2.47. The molecule has 1 saturated heterocycles. The number of benzene rings is 2. The number of nitrogens with zero attached hydrogens (tertiary/aromatic N) is 2. The van der Waals surface area contributed by atoms with Gasteiger partial charge in [-0.2, -0.15) is 0 Å². The van der Waals surface area contributed by atoms with Crippen molar-refractivity contribution in [3.05, 3.63) is 52.5 Å². The van der Waals surface area contributed by atoms with Crippen LogP contribution in [0.1, 0.15) is 29.3 Å². The van der Waals surface area contributed by atoms with E-state index in [0.717, 1.165) is 39.1 Å². The molecule has 0 saturated carbocycles. The molecule has 1 aliphatic heterocycles. The van der Waals surface area contributed by atoms with E-state index < -0.39 is 0 Å². The Morgan fingerprint density at radius 3 is 2.61 bits per heavy atom. The van der Waals surface area contributed by atoms with Gasteiger partial charge >= 0.3 is 0 Å². The average Bonchev–Trinajstić information content (AvgIpc) is 2.78. The van der Waals surface area contributed by atoms with Gasteiger partial charge in [0.05, 0.1) is 18.7 Å². The van der Waals surface area contributed by atoms with E-state index in [2.05, 4.69) is 46.3 Å². The molecule has 0 aromatic heterocycles. The van der Waals surface area contributed by atoms with Crippen LogP contribution in [0, 0.1) is 6.92 Å². The number of rotatable bonds is 9. The molecule has 1 fully saturated rings. The van der Waals surface area contributed by atoms with Gasteiger partial charge < -0.3 is 19.7 Å². The van der Waals surface area contributed by atoms with Crippen molar-refractivity contribution in [2.75, 3.05) is 57.9 Å². The number of piperazine rings is 1. The largest absolute Gasteiger partial charge is 0.493 e. The van der Waals surface area contributed by atoms with Gasteiger partial charge in [-0.3, -0.25) is 9.69 Å². The van der Waals surface area contributed by atoms with Crippen molar-refractivity contribution in [1.82, 2.24) is 10.2 Å². The molecule has 2 aromatic rings. The summed E-state index contributed by atoms with van der Waals surface area (Å²) in [6.45, 7) is 10.2. The summed E-state index contributed by atoms with van der Waals surface area (Å²) in [6, 6.07) is 12.0. The quantitative estimate of drug-likeness (QED) is 0.591. The maximum absolute atomic E-state index is 12.5. The predicted octanol–water partition coefficient (Wildman–Crippen LogP) is 4.00. The maximum Gasteiger partial charge on any atom is 0.251 e. The van der Waals surface area contributed by atoms with E-state index in [-0.39, 0.29) is 5.91 Å². The number of halogens is 1. The fourth-order valence-electron chi connectivity index (χ4n) is 3.80. The Morgan fingerprint density at radius 2 is 1.94 bits per heavy atom. The molecule has 1 aliphatic rings. The number of amides is 1. The maximum atomic E-state index is 12.5. The van der Waals surface area contributed by atoms with Gasteiger partial charge in [0.2, 0.25) is 0 Å². The van der Waals surface area contributed by atoms with Gasteiger partial charge in [0.25, 0.3) is 5.91 Å². The highest BCUT2D eigenvalue weighted by Crippen LogP contribution is 2.36. The molecular weight excluding hydrogens is 414 g/mol. The molecular formula is C24H32ClN3O3. The summed E-state index contributed by atoms with van der Waals surface area (Å²) in [6.07, 6.45) is 0.901. The zero-order chi connectivity index (χ0) is 22.2. The molecule has 0 radical (unpaired) electrons. The highest BCUT2D eigenvalue weighted by Gasteiger charge is 2.18. The molecule has 3 rings (SSSR count). The molecule has 0 bridgehead atoms. The first-order valence-corrected chi connectivity index (χ1v) is 11.2. The molecule has 7 heteroatoms. The van der Waals surface area contributed by atoms with Crippen LogP contribution in [0.2, 0.25) is 5.02 Å². The molecule has 2 aromatic carbocycles. The summed E-state index contributed by atoms with van der Waals surface area (Å²) in [5.41, 5.74) is 3.07. The standard InChI is InChI=1S/C24H32ClN3O3/c1-4-31-23-21(25)16-19(17-22(23)30-3)24(29)26-9-6-10-27-11-13-28(14-12-27)20-8-5-7-18(2)15-20/h5,7-8,15-17H,4,6,9-14H2,1-3H3,(H,26,29). The Bertz CT molecular complexity index is 882. The van der Waals surface area contributed by atoms with E-state index in [0.29, 0.717) is 35.2 Å². The number of carbonyl (C=O) groups excluding carboxylic acids is 1. The molecule has 1 N–H and O–H groups in total. The molecule has 0 spiro atoms. The predicted molar refractivity (Wildman–Crippen MR) is 126 cm³/mol. The molecule has 1 amide bonds. The zero-order valence-electron chi connectivity index (χ0n) is 18.6. The lowest BCUT2D eigenvalue weighted by atomic mass is 10.1. The third-order valence-corrected chi connectivity index (χ3v) is 5.74. The van der Waals surface area contributed by atoms with Gasteiger partial charge in [-0.15, -0.1) is 0 Å². The highest BCUT2D eigenvalue weighted by atomic mass is 35.5. The first kappa shape index (κ1) is 23.2. The lowest BCUT2D eigenvalue weighted by Gasteiger charge is -2.36. The molecule has 6 nitrogen and oxygen atoms in total. The number of hydrogen-bond donors (Lipinski definition) is 1. The van der Waals surface area contributed by atoms with Crippen LogP contribution in [0.3, 0.4) is 0 Å². The van der Waals surface area contributed by atoms with Gasteiger partial charge in [-0.25, -0.2) is 0 Å². The molecule has 31 heavy (non-hydrogen) atoms. The van der Waals surface area contributed by atoms with Crippen molar-refractivity contribution in [1.29, 1.82) is 0 Å². The van der Waals surface area contributed by atoms with Crippen molar-refractivity contribution in [3.8, 4) is 11.5 Å². The topological polar surface area (TPSA) is 54.0 Å². The summed E-state index contributed by atoms with van der Waals surface area (Å²) in [7, 11) is 1.54. The first-order valence-electron chi connectivity index (χ1n) is 10.8. The Labute approximate surface area is 190 Å². The van der Waals surface area contributed by atoms with E-state index in [1.54, 1.807) is 12.1 Å². The van der Waals surface area contributed by atoms with Gasteiger partial charge in [0, 0.05) is 44.0 Å². The third kappa shape index (κ3) is 6.28. The number of nitrogens with one attached hydrogen (secondary N) is 1. The van der Waals surface area contributed by atoms with Crippen molar-refractivity contribution < 1.29 is 14.3 Å². The fraction of sp³-hybridized carbons (Fsp3) is 0.458. The smallest absolute Gasteiger partial charge is 0.251 e. The lowest BCUT2D eigenvalue weighted by molar-refractivity contribution is 0.0951. The van der Waals surface area contributed by atoms with Crippen LogP contribution in [0.25, 0.3) is 0 Å². The number of carbonyl (C=O) groups is 1. The summed E-state index contributed by atoms with van der Waals surface area (Å²) < 4.78 is 10.8. The van der Waals surface area contributed by atoms with E-state index in [1.165, 1.54) is 18.4 Å². The van der Waals surface area contributed by atoms with E-state index in [4.69, 9.17) is 21.1 Å². The van der Waals surface area contributed by atoms with Crippen LogP contribution in [0.4, 0.5) is 5.69 Å². The van der Waals surface area contributed by atoms with Crippen LogP contribution in [-0.4, -0.2) is 63.8 Å². The number of ether oxygens (including phenoxy) is 2. The van der Waals surface area contributed by atoms with E-state index in [1.807, 2.05) is 6.92 Å². The zero-order valence-corrected chi connectivity index (χ0v) is 19.4. The normalized spacial score (nSPS) is 14.4. The van der Waals surface area contributed by atoms with Crippen LogP contribution < -0.4 is 19.7 Å². The SMILES string of the molecule is CCOc1c(Cl)cc(C(=O)NCCCN2CCN(c3cccc(C)c3)CC2)cc1OC. The van der Waals surface area contributed by atoms with Crippen molar-refractivity contribution in [3.63, 3.8) is 0 Å². The number of hydrogen-bond acceptors (Lipinski definition) is 5. The van der Waals surface area contributed by atoms with Crippen molar-refractivity contribution in [2.45, 2.75) is 20.3 Å². The molecule has 0 unspecified atom stereocenters. The minimum atomic E-state index is -0.160. The molecule has 1 heterocycles. The number of methoxy groups -OCH3 is 1. The summed E-state index contributed by atoms with van der Waals surface area (Å²) >= 11 is 6.27. The minimum Gasteiger partial charge on any atom is -0.493 e. The number of anilines is 1. The molecule has 0 atom stereocenters. The Morgan fingerprint density at radius 1 is 1.16 bits per heavy atom. The Hall–Kier alpha value is -2.44. The van der Waals surface area contributed by atoms with Gasteiger partial charge in [-0.1, -0.05) is 23.7 Å². The number of aryl methyl sites for hydroxylation is 1. The Kier molecular flexibility index (Phi) is 8.43. The van der Waals surface area contributed by atoms with Crippen LogP contribution in [0.15, 0.2) is 36.4 Å². The fourth-order valence-corrected chi connectivity index (χ4v) is 4.06.